The lowest BCUT2D eigenvalue weighted by Gasteiger charge is -2.04. The van der Waals surface area contributed by atoms with Crippen molar-refractivity contribution in [2.24, 2.45) is 0 Å². The van der Waals surface area contributed by atoms with Crippen molar-refractivity contribution >= 4 is 39.7 Å². The predicted octanol–water partition coefficient (Wildman–Crippen LogP) is 4.02. The summed E-state index contributed by atoms with van der Waals surface area (Å²) < 4.78 is 0. The third-order valence-corrected chi connectivity index (χ3v) is 4.16. The van der Waals surface area contributed by atoms with Crippen LogP contribution in [0.5, 0.6) is 0 Å². The fourth-order valence-electron chi connectivity index (χ4n) is 1.94. The van der Waals surface area contributed by atoms with E-state index in [9.17, 15) is 14.9 Å². The van der Waals surface area contributed by atoms with Crippen molar-refractivity contribution in [2.75, 3.05) is 5.32 Å². The topological polar surface area (TPSA) is 98.0 Å². The van der Waals surface area contributed by atoms with Gasteiger partial charge in [0.05, 0.1) is 21.2 Å². The first-order chi connectivity index (χ1) is 11.5. The van der Waals surface area contributed by atoms with Gasteiger partial charge in [-0.2, -0.15) is 0 Å². The van der Waals surface area contributed by atoms with Crippen molar-refractivity contribution in [3.05, 3.63) is 68.8 Å². The van der Waals surface area contributed by atoms with Crippen LogP contribution in [-0.2, 0) is 0 Å². The molecule has 0 radical (unpaired) electrons. The zero-order valence-corrected chi connectivity index (χ0v) is 13.5. The number of anilines is 1. The molecule has 0 fully saturated rings. The summed E-state index contributed by atoms with van der Waals surface area (Å²) in [6.07, 6.45) is 3.34. The summed E-state index contributed by atoms with van der Waals surface area (Å²) in [4.78, 5) is 30.7. The highest BCUT2D eigenvalue weighted by Gasteiger charge is 2.16. The van der Waals surface area contributed by atoms with E-state index in [1.807, 2.05) is 6.07 Å². The van der Waals surface area contributed by atoms with Gasteiger partial charge in [-0.3, -0.25) is 25.2 Å². The number of non-ortho nitro benzene ring substituents is 1. The first-order valence-electron chi connectivity index (χ1n) is 6.66. The maximum atomic E-state index is 12.3. The van der Waals surface area contributed by atoms with Crippen LogP contribution < -0.4 is 5.32 Å². The number of nitro groups is 1. The quantitative estimate of drug-likeness (QED) is 0.559. The molecule has 0 atom stereocenters. The van der Waals surface area contributed by atoms with Crippen LogP contribution in [0.3, 0.4) is 0 Å². The first kappa shape index (κ1) is 16.0. The number of aromatic nitrogens is 2. The molecule has 0 aliphatic heterocycles. The van der Waals surface area contributed by atoms with Gasteiger partial charge in [-0.25, -0.2) is 4.98 Å². The van der Waals surface area contributed by atoms with Crippen molar-refractivity contribution in [1.82, 2.24) is 9.97 Å². The molecule has 1 aromatic carbocycles. The van der Waals surface area contributed by atoms with Crippen LogP contribution in [0.15, 0.2) is 48.1 Å². The number of halogens is 1. The van der Waals surface area contributed by atoms with Crippen LogP contribution >= 0.6 is 22.9 Å². The van der Waals surface area contributed by atoms with E-state index in [4.69, 9.17) is 11.6 Å². The maximum absolute atomic E-state index is 12.3. The van der Waals surface area contributed by atoms with Crippen LogP contribution in [0.2, 0.25) is 5.02 Å². The Morgan fingerprint density at radius 2 is 2.17 bits per heavy atom. The average molecular weight is 361 g/mol. The Morgan fingerprint density at radius 3 is 2.83 bits per heavy atom. The lowest BCUT2D eigenvalue weighted by molar-refractivity contribution is -0.384. The fourth-order valence-corrected chi connectivity index (χ4v) is 2.92. The van der Waals surface area contributed by atoms with Crippen LogP contribution in [0.4, 0.5) is 10.8 Å². The Labute approximate surface area is 145 Å². The van der Waals surface area contributed by atoms with E-state index in [-0.39, 0.29) is 16.3 Å². The number of hydrogen-bond donors (Lipinski definition) is 1. The van der Waals surface area contributed by atoms with Crippen LogP contribution in [0, 0.1) is 10.1 Å². The van der Waals surface area contributed by atoms with Gasteiger partial charge in [-0.15, -0.1) is 11.3 Å². The third kappa shape index (κ3) is 3.39. The molecule has 0 aliphatic rings. The molecular weight excluding hydrogens is 352 g/mol. The molecule has 0 unspecified atom stereocenters. The number of benzene rings is 1. The number of nitro benzene ring substituents is 1. The van der Waals surface area contributed by atoms with Crippen LogP contribution in [0.25, 0.3) is 11.3 Å². The van der Waals surface area contributed by atoms with E-state index in [0.29, 0.717) is 10.8 Å². The molecule has 120 valence electrons. The van der Waals surface area contributed by atoms with Gasteiger partial charge in [0.15, 0.2) is 5.13 Å². The molecule has 3 rings (SSSR count). The molecule has 0 saturated heterocycles. The van der Waals surface area contributed by atoms with Gasteiger partial charge in [-0.1, -0.05) is 11.6 Å². The smallest absolute Gasteiger partial charge is 0.270 e. The summed E-state index contributed by atoms with van der Waals surface area (Å²) >= 11 is 7.20. The molecule has 2 heterocycles. The normalized spacial score (nSPS) is 10.4. The Bertz CT molecular complexity index is 914. The third-order valence-electron chi connectivity index (χ3n) is 3.09. The number of carbonyl (C=O) groups excluding carboxylic acids is 1. The van der Waals surface area contributed by atoms with E-state index >= 15 is 0 Å². The summed E-state index contributed by atoms with van der Waals surface area (Å²) in [6, 6.07) is 7.33. The van der Waals surface area contributed by atoms with E-state index in [1.54, 1.807) is 23.8 Å². The lowest BCUT2D eigenvalue weighted by Crippen LogP contribution is -2.12. The van der Waals surface area contributed by atoms with Gasteiger partial charge in [0.25, 0.3) is 11.6 Å². The van der Waals surface area contributed by atoms with Crippen LogP contribution in [-0.4, -0.2) is 20.8 Å². The highest BCUT2D eigenvalue weighted by molar-refractivity contribution is 7.14. The molecule has 0 bridgehead atoms. The minimum Gasteiger partial charge on any atom is -0.298 e. The van der Waals surface area contributed by atoms with Crippen molar-refractivity contribution in [1.29, 1.82) is 0 Å². The SMILES string of the molecule is O=C(Nc1nc(-c2cccnc2)cs1)c1ccc([N+](=O)[O-])cc1Cl. The summed E-state index contributed by atoms with van der Waals surface area (Å²) in [5.41, 5.74) is 1.49. The molecule has 3 aromatic rings. The number of nitrogens with one attached hydrogen (secondary N) is 1. The van der Waals surface area contributed by atoms with E-state index in [0.717, 1.165) is 11.6 Å². The fraction of sp³-hybridized carbons (Fsp3) is 0. The summed E-state index contributed by atoms with van der Waals surface area (Å²) in [5.74, 6) is -0.484. The second-order valence-corrected chi connectivity index (χ2v) is 5.92. The van der Waals surface area contributed by atoms with Gasteiger partial charge in [0, 0.05) is 35.5 Å². The van der Waals surface area contributed by atoms with E-state index in [2.05, 4.69) is 15.3 Å². The predicted molar refractivity (Wildman–Crippen MR) is 91.4 cm³/mol. The zero-order valence-electron chi connectivity index (χ0n) is 12.0. The number of hydrogen-bond acceptors (Lipinski definition) is 6. The van der Waals surface area contributed by atoms with Gasteiger partial charge >= 0.3 is 0 Å². The molecule has 2 aromatic heterocycles. The number of nitrogens with zero attached hydrogens (tertiary/aromatic N) is 3. The minimum atomic E-state index is -0.575. The number of amides is 1. The summed E-state index contributed by atoms with van der Waals surface area (Å²) in [5, 5.41) is 15.5. The van der Waals surface area contributed by atoms with Crippen molar-refractivity contribution in [3.63, 3.8) is 0 Å². The summed E-state index contributed by atoms with van der Waals surface area (Å²) in [7, 11) is 0. The Morgan fingerprint density at radius 1 is 1.33 bits per heavy atom. The van der Waals surface area contributed by atoms with E-state index in [1.165, 1.54) is 23.5 Å². The van der Waals surface area contributed by atoms with Crippen molar-refractivity contribution < 1.29 is 9.72 Å². The highest BCUT2D eigenvalue weighted by atomic mass is 35.5. The molecule has 9 heteroatoms. The molecule has 0 spiro atoms. The molecule has 0 saturated carbocycles. The minimum absolute atomic E-state index is 0.00531. The van der Waals surface area contributed by atoms with Crippen molar-refractivity contribution in [2.45, 2.75) is 0 Å². The highest BCUT2D eigenvalue weighted by Crippen LogP contribution is 2.26. The number of rotatable bonds is 4. The molecule has 1 N–H and O–H groups in total. The molecule has 1 amide bonds. The van der Waals surface area contributed by atoms with E-state index < -0.39 is 10.8 Å². The first-order valence-corrected chi connectivity index (χ1v) is 7.91. The average Bonchev–Trinajstić information content (AvgIpc) is 3.03. The van der Waals surface area contributed by atoms with Gasteiger partial charge in [0.2, 0.25) is 0 Å². The largest absolute Gasteiger partial charge is 0.298 e. The lowest BCUT2D eigenvalue weighted by atomic mass is 10.2. The number of carbonyl (C=O) groups is 1. The van der Waals surface area contributed by atoms with Gasteiger partial charge in [-0.05, 0) is 18.2 Å². The Hall–Kier alpha value is -2.84. The second kappa shape index (κ2) is 6.73. The standard InChI is InChI=1S/C15H9ClN4O3S/c16-12-6-10(20(22)23)3-4-11(12)14(21)19-15-18-13(8-24-15)9-2-1-5-17-7-9/h1-8H,(H,18,19,21). The maximum Gasteiger partial charge on any atom is 0.270 e. The molecule has 0 aliphatic carbocycles. The molecule has 7 nitrogen and oxygen atoms in total. The summed E-state index contributed by atoms with van der Waals surface area (Å²) in [6.45, 7) is 0. The Kier molecular flexibility index (Phi) is 4.50. The zero-order chi connectivity index (χ0) is 17.1. The number of pyridine rings is 1. The van der Waals surface area contributed by atoms with Gasteiger partial charge < -0.3 is 0 Å². The second-order valence-electron chi connectivity index (χ2n) is 4.65. The monoisotopic (exact) mass is 360 g/mol. The Balaban J connectivity index is 1.78. The number of thiazole rings is 1. The van der Waals surface area contributed by atoms with Gasteiger partial charge in [0.1, 0.15) is 0 Å². The van der Waals surface area contributed by atoms with Crippen molar-refractivity contribution in [3.8, 4) is 11.3 Å². The van der Waals surface area contributed by atoms with Crippen LogP contribution in [0.1, 0.15) is 10.4 Å². The molecule has 24 heavy (non-hydrogen) atoms. The molecular formula is C15H9ClN4O3S.